The Morgan fingerprint density at radius 1 is 1.10 bits per heavy atom. The highest BCUT2D eigenvalue weighted by molar-refractivity contribution is 5.30. The van der Waals surface area contributed by atoms with E-state index < -0.39 is 36.0 Å². The molecule has 0 radical (unpaired) electrons. The fourth-order valence-corrected chi connectivity index (χ4v) is 2.98. The normalized spacial score (nSPS) is 26.3. The highest BCUT2D eigenvalue weighted by atomic mass is 19.2. The molecule has 0 heterocycles. The molecule has 4 unspecified atom stereocenters. The molecule has 30 heavy (non-hydrogen) atoms. The van der Waals surface area contributed by atoms with Crippen molar-refractivity contribution in [3.8, 4) is 0 Å². The molecule has 0 aliphatic heterocycles. The zero-order chi connectivity index (χ0) is 22.3. The van der Waals surface area contributed by atoms with Crippen molar-refractivity contribution >= 4 is 0 Å². The Morgan fingerprint density at radius 3 is 2.43 bits per heavy atom. The summed E-state index contributed by atoms with van der Waals surface area (Å²) in [5, 5.41) is 0. The molecular weight excluding hydrogens is 404 g/mol. The van der Waals surface area contributed by atoms with Gasteiger partial charge in [0.25, 0.3) is 0 Å². The molecule has 8 heteroatoms. The van der Waals surface area contributed by atoms with E-state index in [-0.39, 0.29) is 30.3 Å². The summed E-state index contributed by atoms with van der Waals surface area (Å²) < 4.78 is 77.6. The Balaban J connectivity index is 2.22. The molecule has 2 aliphatic carbocycles. The summed E-state index contributed by atoms with van der Waals surface area (Å²) in [6.07, 6.45) is 7.92. The third-order valence-corrected chi connectivity index (χ3v) is 4.76. The number of hydrogen-bond donors (Lipinski definition) is 0. The fourth-order valence-electron chi connectivity index (χ4n) is 2.98. The second-order valence-corrected chi connectivity index (χ2v) is 6.83. The first-order chi connectivity index (χ1) is 14.3. The summed E-state index contributed by atoms with van der Waals surface area (Å²) >= 11 is 0. The maximum absolute atomic E-state index is 14.8. The SMILES string of the molecule is COC1C=CC=C(OC(=C(\F)CF)/C(F)=C(/F)C(C)OC2=CC=CC(OC)C2C)C1. The molecule has 0 saturated heterocycles. The van der Waals surface area contributed by atoms with E-state index in [1.165, 1.54) is 27.2 Å². The van der Waals surface area contributed by atoms with Gasteiger partial charge < -0.3 is 18.9 Å². The summed E-state index contributed by atoms with van der Waals surface area (Å²) in [5.74, 6) is -5.55. The Kier molecular flexibility index (Phi) is 8.92. The summed E-state index contributed by atoms with van der Waals surface area (Å²) in [6, 6.07) is 0. The molecule has 0 fully saturated rings. The first kappa shape index (κ1) is 24.0. The summed E-state index contributed by atoms with van der Waals surface area (Å²) in [7, 11) is 2.98. The van der Waals surface area contributed by atoms with Gasteiger partial charge in [-0.05, 0) is 19.1 Å². The van der Waals surface area contributed by atoms with E-state index in [9.17, 15) is 17.6 Å². The standard InChI is InChI=1S/C22H26F4O4/c1-13-18(28-4)9-6-10-19(13)29-14(2)20(25)21(26)22(17(24)12-23)30-16-8-5-7-15(11-16)27-3/h5-10,13-15,18H,11-12H2,1-4H3/b21-20-,22-17-. The van der Waals surface area contributed by atoms with Crippen molar-refractivity contribution in [2.24, 2.45) is 5.92 Å². The fraction of sp³-hybridized carbons (Fsp3) is 0.455. The molecule has 0 aromatic rings. The number of methoxy groups -OCH3 is 2. The molecule has 0 N–H and O–H groups in total. The largest absolute Gasteiger partial charge is 0.487 e. The highest BCUT2D eigenvalue weighted by Crippen LogP contribution is 2.32. The number of hydrogen-bond acceptors (Lipinski definition) is 4. The third-order valence-electron chi connectivity index (χ3n) is 4.76. The minimum atomic E-state index is -1.66. The lowest BCUT2D eigenvalue weighted by atomic mass is 9.97. The van der Waals surface area contributed by atoms with Crippen LogP contribution in [0.3, 0.4) is 0 Å². The molecule has 166 valence electrons. The van der Waals surface area contributed by atoms with Crippen LogP contribution in [-0.2, 0) is 18.9 Å². The van der Waals surface area contributed by atoms with Gasteiger partial charge in [-0.1, -0.05) is 31.2 Å². The van der Waals surface area contributed by atoms with Crippen LogP contribution in [0.15, 0.2) is 71.2 Å². The first-order valence-corrected chi connectivity index (χ1v) is 9.48. The topological polar surface area (TPSA) is 36.9 Å². The minimum absolute atomic E-state index is 0.108. The highest BCUT2D eigenvalue weighted by Gasteiger charge is 2.29. The Morgan fingerprint density at radius 2 is 1.80 bits per heavy atom. The van der Waals surface area contributed by atoms with Crippen LogP contribution < -0.4 is 0 Å². The summed E-state index contributed by atoms with van der Waals surface area (Å²) in [4.78, 5) is 0. The number of halogens is 4. The van der Waals surface area contributed by atoms with Crippen molar-refractivity contribution in [1.29, 1.82) is 0 Å². The smallest absolute Gasteiger partial charge is 0.203 e. The van der Waals surface area contributed by atoms with Crippen LogP contribution in [0, 0.1) is 5.92 Å². The third kappa shape index (κ3) is 5.86. The van der Waals surface area contributed by atoms with Crippen molar-refractivity contribution in [3.63, 3.8) is 0 Å². The summed E-state index contributed by atoms with van der Waals surface area (Å²) in [6.45, 7) is 1.42. The second-order valence-electron chi connectivity index (χ2n) is 6.83. The zero-order valence-electron chi connectivity index (χ0n) is 17.3. The van der Waals surface area contributed by atoms with E-state index in [0.29, 0.717) is 5.76 Å². The van der Waals surface area contributed by atoms with Crippen LogP contribution >= 0.6 is 0 Å². The van der Waals surface area contributed by atoms with E-state index >= 15 is 0 Å². The van der Waals surface area contributed by atoms with Crippen LogP contribution in [0.2, 0.25) is 0 Å². The van der Waals surface area contributed by atoms with E-state index in [2.05, 4.69) is 0 Å². The van der Waals surface area contributed by atoms with Gasteiger partial charge in [-0.3, -0.25) is 0 Å². The average Bonchev–Trinajstić information content (AvgIpc) is 2.77. The minimum Gasteiger partial charge on any atom is -0.487 e. The number of ether oxygens (including phenoxy) is 4. The quantitative estimate of drug-likeness (QED) is 0.268. The molecule has 0 bridgehead atoms. The summed E-state index contributed by atoms with van der Waals surface area (Å²) in [5.41, 5.74) is 0. The van der Waals surface area contributed by atoms with Gasteiger partial charge in [0.05, 0.1) is 12.2 Å². The Labute approximate surface area is 173 Å². The molecule has 0 aromatic carbocycles. The van der Waals surface area contributed by atoms with Crippen LogP contribution in [0.5, 0.6) is 0 Å². The molecular formula is C22H26F4O4. The van der Waals surface area contributed by atoms with Crippen LogP contribution in [0.1, 0.15) is 20.3 Å². The van der Waals surface area contributed by atoms with Gasteiger partial charge >= 0.3 is 0 Å². The average molecular weight is 430 g/mol. The van der Waals surface area contributed by atoms with Crippen molar-refractivity contribution in [3.05, 3.63) is 71.2 Å². The van der Waals surface area contributed by atoms with Gasteiger partial charge in [-0.2, -0.15) is 4.39 Å². The van der Waals surface area contributed by atoms with Crippen LogP contribution in [0.25, 0.3) is 0 Å². The van der Waals surface area contributed by atoms with Gasteiger partial charge in [0.1, 0.15) is 24.3 Å². The molecule has 4 nitrogen and oxygen atoms in total. The van der Waals surface area contributed by atoms with Gasteiger partial charge in [0.15, 0.2) is 17.4 Å². The van der Waals surface area contributed by atoms with Gasteiger partial charge in [0, 0.05) is 26.6 Å². The lowest BCUT2D eigenvalue weighted by Gasteiger charge is -2.27. The zero-order valence-corrected chi connectivity index (χ0v) is 17.3. The van der Waals surface area contributed by atoms with E-state index in [1.54, 1.807) is 37.3 Å². The van der Waals surface area contributed by atoms with E-state index in [4.69, 9.17) is 18.9 Å². The van der Waals surface area contributed by atoms with Gasteiger partial charge in [-0.25, -0.2) is 13.2 Å². The molecule has 0 amide bonds. The van der Waals surface area contributed by atoms with Gasteiger partial charge in [-0.15, -0.1) is 0 Å². The maximum Gasteiger partial charge on any atom is 0.203 e. The van der Waals surface area contributed by atoms with Crippen molar-refractivity contribution < 1.29 is 36.5 Å². The Bertz CT molecular complexity index is 795. The lowest BCUT2D eigenvalue weighted by molar-refractivity contribution is 0.0521. The second kappa shape index (κ2) is 11.2. The van der Waals surface area contributed by atoms with Crippen molar-refractivity contribution in [1.82, 2.24) is 0 Å². The van der Waals surface area contributed by atoms with E-state index in [0.717, 1.165) is 0 Å². The molecule has 2 aliphatic rings. The first-order valence-electron chi connectivity index (χ1n) is 9.48. The molecule has 4 atom stereocenters. The number of allylic oxidation sites excluding steroid dienone is 6. The van der Waals surface area contributed by atoms with Crippen LogP contribution in [0.4, 0.5) is 17.6 Å². The number of alkyl halides is 1. The maximum atomic E-state index is 14.8. The van der Waals surface area contributed by atoms with Crippen molar-refractivity contribution in [2.45, 2.75) is 38.6 Å². The lowest BCUT2D eigenvalue weighted by Crippen LogP contribution is -2.25. The molecule has 0 saturated carbocycles. The molecule has 0 aromatic heterocycles. The molecule has 0 spiro atoms. The Hall–Kier alpha value is -2.32. The van der Waals surface area contributed by atoms with E-state index in [1.807, 2.05) is 0 Å². The van der Waals surface area contributed by atoms with Crippen molar-refractivity contribution in [2.75, 3.05) is 20.9 Å². The monoisotopic (exact) mass is 430 g/mol. The number of rotatable bonds is 9. The van der Waals surface area contributed by atoms with Gasteiger partial charge in [0.2, 0.25) is 5.83 Å². The predicted molar refractivity (Wildman–Crippen MR) is 105 cm³/mol. The predicted octanol–water partition coefficient (Wildman–Crippen LogP) is 5.67. The molecule has 2 rings (SSSR count). The van der Waals surface area contributed by atoms with Crippen LogP contribution in [-0.4, -0.2) is 39.2 Å².